The van der Waals surface area contributed by atoms with Gasteiger partial charge in [-0.15, -0.1) is 0 Å². The zero-order chi connectivity index (χ0) is 14.0. The summed E-state index contributed by atoms with van der Waals surface area (Å²) in [5.74, 6) is 0. The van der Waals surface area contributed by atoms with Crippen molar-refractivity contribution in [3.05, 3.63) is 0 Å². The van der Waals surface area contributed by atoms with E-state index in [9.17, 15) is 0 Å². The van der Waals surface area contributed by atoms with Crippen LogP contribution in [0.2, 0.25) is 0 Å². The van der Waals surface area contributed by atoms with Crippen LogP contribution in [-0.4, -0.2) is 82.7 Å². The van der Waals surface area contributed by atoms with Crippen LogP contribution in [0.25, 0.3) is 0 Å². The summed E-state index contributed by atoms with van der Waals surface area (Å²) in [6.45, 7) is 5.08. The van der Waals surface area contributed by atoms with Crippen LogP contribution in [0, 0.1) is 0 Å². The number of nitrogens with zero attached hydrogens (tertiary/aromatic N) is 3. The van der Waals surface area contributed by atoms with Gasteiger partial charge in [-0.05, 0) is 54.0 Å². The first kappa shape index (κ1) is 17.9. The van der Waals surface area contributed by atoms with Crippen molar-refractivity contribution in [3.8, 4) is 0 Å². The number of quaternary nitrogens is 1. The van der Waals surface area contributed by atoms with Gasteiger partial charge in [0.05, 0.1) is 27.2 Å². The molecule has 0 aromatic carbocycles. The summed E-state index contributed by atoms with van der Waals surface area (Å²) >= 11 is 0. The Labute approximate surface area is 115 Å². The second kappa shape index (κ2) is 9.76. The van der Waals surface area contributed by atoms with E-state index in [1.165, 1.54) is 62.8 Å². The minimum atomic E-state index is 1.18. The van der Waals surface area contributed by atoms with Gasteiger partial charge < -0.3 is 14.3 Å². The average Bonchev–Trinajstić information content (AvgIpc) is 2.21. The number of rotatable bonds is 11. The van der Waals surface area contributed by atoms with Gasteiger partial charge in [0.1, 0.15) is 0 Å². The molecule has 0 aromatic rings. The predicted molar refractivity (Wildman–Crippen MR) is 82.0 cm³/mol. The first-order valence-corrected chi connectivity index (χ1v) is 7.45. The molecular formula is C15H36N3+. The highest BCUT2D eigenvalue weighted by Gasteiger charge is 2.13. The van der Waals surface area contributed by atoms with E-state index >= 15 is 0 Å². The molecule has 0 aliphatic heterocycles. The molecule has 0 saturated heterocycles. The van der Waals surface area contributed by atoms with Gasteiger partial charge in [-0.2, -0.15) is 0 Å². The van der Waals surface area contributed by atoms with Gasteiger partial charge in [0.15, 0.2) is 0 Å². The van der Waals surface area contributed by atoms with Gasteiger partial charge in [-0.25, -0.2) is 0 Å². The molecule has 0 aromatic heterocycles. The molecule has 0 aliphatic rings. The second-order valence-electron chi connectivity index (χ2n) is 6.76. The fourth-order valence-electron chi connectivity index (χ4n) is 2.25. The van der Waals surface area contributed by atoms with E-state index in [1.807, 2.05) is 0 Å². The second-order valence-corrected chi connectivity index (χ2v) is 6.76. The minimum Gasteiger partial charge on any atom is -0.328 e. The summed E-state index contributed by atoms with van der Waals surface area (Å²) in [5, 5.41) is 0. The van der Waals surface area contributed by atoms with Crippen molar-refractivity contribution in [1.29, 1.82) is 0 Å². The van der Waals surface area contributed by atoms with Gasteiger partial charge in [0, 0.05) is 13.0 Å². The Balaban J connectivity index is 3.46. The van der Waals surface area contributed by atoms with Crippen molar-refractivity contribution < 1.29 is 4.48 Å². The Morgan fingerprint density at radius 3 is 1.61 bits per heavy atom. The Hall–Kier alpha value is -0.120. The fraction of sp³-hybridized carbons (Fsp3) is 1.00. The van der Waals surface area contributed by atoms with E-state index < -0.39 is 0 Å². The lowest BCUT2D eigenvalue weighted by atomic mass is 10.1. The summed E-state index contributed by atoms with van der Waals surface area (Å²) < 4.78 is 1.18. The topological polar surface area (TPSA) is 6.48 Å². The molecule has 0 spiro atoms. The van der Waals surface area contributed by atoms with E-state index in [-0.39, 0.29) is 0 Å². The molecule has 0 heterocycles. The Morgan fingerprint density at radius 1 is 0.611 bits per heavy atom. The van der Waals surface area contributed by atoms with E-state index in [4.69, 9.17) is 0 Å². The van der Waals surface area contributed by atoms with Crippen LogP contribution in [0.3, 0.4) is 0 Å². The molecule has 0 amide bonds. The van der Waals surface area contributed by atoms with Crippen LogP contribution in [0.4, 0.5) is 0 Å². The van der Waals surface area contributed by atoms with E-state index in [0.29, 0.717) is 0 Å². The van der Waals surface area contributed by atoms with Crippen LogP contribution in [0.15, 0.2) is 0 Å². The molecule has 0 rings (SSSR count). The third-order valence-electron chi connectivity index (χ3n) is 3.49. The molecule has 18 heavy (non-hydrogen) atoms. The Morgan fingerprint density at radius 2 is 1.06 bits per heavy atom. The maximum atomic E-state index is 2.37. The van der Waals surface area contributed by atoms with Crippen molar-refractivity contribution in [2.45, 2.75) is 32.1 Å². The standard InChI is InChI=1S/C15H36N3/c1-16(2)12-9-7-8-10-14-18(5,6)15-11-13-17(3)4/h7-15H2,1-6H3/q+1. The van der Waals surface area contributed by atoms with Gasteiger partial charge in [0.25, 0.3) is 0 Å². The van der Waals surface area contributed by atoms with Crippen LogP contribution in [0.1, 0.15) is 32.1 Å². The Bertz CT molecular complexity index is 188. The molecule has 0 N–H and O–H groups in total. The lowest BCUT2D eigenvalue weighted by Crippen LogP contribution is -2.42. The molecule has 0 atom stereocenters. The highest BCUT2D eigenvalue weighted by Crippen LogP contribution is 2.07. The number of hydrogen-bond donors (Lipinski definition) is 0. The number of hydrogen-bond acceptors (Lipinski definition) is 2. The lowest BCUT2D eigenvalue weighted by Gasteiger charge is -2.30. The summed E-state index contributed by atoms with van der Waals surface area (Å²) in [6, 6.07) is 0. The smallest absolute Gasteiger partial charge is 0.0794 e. The van der Waals surface area contributed by atoms with Crippen molar-refractivity contribution >= 4 is 0 Å². The minimum absolute atomic E-state index is 1.18. The van der Waals surface area contributed by atoms with Crippen molar-refractivity contribution in [2.75, 3.05) is 68.5 Å². The first-order chi connectivity index (χ1) is 8.33. The number of unbranched alkanes of at least 4 members (excludes halogenated alkanes) is 3. The largest absolute Gasteiger partial charge is 0.328 e. The normalized spacial score (nSPS) is 12.7. The molecule has 3 heteroatoms. The zero-order valence-electron chi connectivity index (χ0n) is 13.7. The molecule has 0 unspecified atom stereocenters. The van der Waals surface area contributed by atoms with Crippen LogP contribution in [0.5, 0.6) is 0 Å². The molecule has 0 aliphatic carbocycles. The van der Waals surface area contributed by atoms with Crippen LogP contribution >= 0.6 is 0 Å². The highest BCUT2D eigenvalue weighted by molar-refractivity contribution is 4.48. The Kier molecular flexibility index (Phi) is 9.70. The molecular weight excluding hydrogens is 222 g/mol. The molecule has 3 nitrogen and oxygen atoms in total. The van der Waals surface area contributed by atoms with Crippen molar-refractivity contribution in [1.82, 2.24) is 9.80 Å². The maximum Gasteiger partial charge on any atom is 0.0794 e. The van der Waals surface area contributed by atoms with Crippen molar-refractivity contribution in [2.24, 2.45) is 0 Å². The monoisotopic (exact) mass is 258 g/mol. The predicted octanol–water partition coefficient (Wildman–Crippen LogP) is 2.14. The van der Waals surface area contributed by atoms with Gasteiger partial charge in [-0.3, -0.25) is 0 Å². The van der Waals surface area contributed by atoms with Gasteiger partial charge in [-0.1, -0.05) is 6.42 Å². The SMILES string of the molecule is CN(C)CCCCCC[N+](C)(C)CCCN(C)C. The molecule has 0 fully saturated rings. The summed E-state index contributed by atoms with van der Waals surface area (Å²) in [4.78, 5) is 4.56. The third-order valence-corrected chi connectivity index (χ3v) is 3.49. The first-order valence-electron chi connectivity index (χ1n) is 7.45. The lowest BCUT2D eigenvalue weighted by molar-refractivity contribution is -0.890. The molecule has 110 valence electrons. The van der Waals surface area contributed by atoms with Gasteiger partial charge >= 0.3 is 0 Å². The van der Waals surface area contributed by atoms with E-state index in [1.54, 1.807) is 0 Å². The quantitative estimate of drug-likeness (QED) is 0.414. The summed E-state index contributed by atoms with van der Waals surface area (Å²) in [6.07, 6.45) is 6.81. The summed E-state index contributed by atoms with van der Waals surface area (Å²) in [7, 11) is 13.4. The van der Waals surface area contributed by atoms with Gasteiger partial charge in [0.2, 0.25) is 0 Å². The van der Waals surface area contributed by atoms with Crippen LogP contribution < -0.4 is 0 Å². The third kappa shape index (κ3) is 12.3. The van der Waals surface area contributed by atoms with E-state index in [2.05, 4.69) is 52.1 Å². The maximum absolute atomic E-state index is 2.37. The molecule has 0 radical (unpaired) electrons. The van der Waals surface area contributed by atoms with Crippen molar-refractivity contribution in [3.63, 3.8) is 0 Å². The van der Waals surface area contributed by atoms with E-state index in [0.717, 1.165) is 0 Å². The molecule has 0 saturated carbocycles. The van der Waals surface area contributed by atoms with Crippen LogP contribution in [-0.2, 0) is 0 Å². The molecule has 0 bridgehead atoms. The fourth-order valence-corrected chi connectivity index (χ4v) is 2.25. The highest BCUT2D eigenvalue weighted by atomic mass is 15.3. The summed E-state index contributed by atoms with van der Waals surface area (Å²) in [5.41, 5.74) is 0. The zero-order valence-corrected chi connectivity index (χ0v) is 13.7. The average molecular weight is 258 g/mol.